The van der Waals surface area contributed by atoms with E-state index in [0.29, 0.717) is 5.69 Å². The molecular weight excluding hydrogens is 246 g/mol. The van der Waals surface area contributed by atoms with Gasteiger partial charge in [-0.15, -0.1) is 0 Å². The summed E-state index contributed by atoms with van der Waals surface area (Å²) in [6, 6.07) is 8.80. The largest absolute Gasteiger partial charge is 0.399 e. The summed E-state index contributed by atoms with van der Waals surface area (Å²) in [5, 5.41) is 9.64. The molecule has 2 rings (SSSR count). The number of hydrogen-bond acceptors (Lipinski definition) is 3. The van der Waals surface area contributed by atoms with Crippen LogP contribution in [0.4, 0.5) is 16.2 Å². The third-order valence-corrected chi connectivity index (χ3v) is 3.26. The molecule has 1 heterocycles. The van der Waals surface area contributed by atoms with E-state index in [1.54, 1.807) is 35.6 Å². The van der Waals surface area contributed by atoms with Crippen molar-refractivity contribution in [3.05, 3.63) is 46.7 Å². The van der Waals surface area contributed by atoms with Gasteiger partial charge in [0.2, 0.25) is 0 Å². The number of nitrogens with one attached hydrogen (secondary N) is 2. The highest BCUT2D eigenvalue weighted by Gasteiger charge is 2.09. The molecule has 0 spiro atoms. The van der Waals surface area contributed by atoms with Crippen LogP contribution in [0.2, 0.25) is 0 Å². The van der Waals surface area contributed by atoms with Crippen molar-refractivity contribution < 1.29 is 4.79 Å². The molecule has 1 unspecified atom stereocenters. The Hall–Kier alpha value is -2.01. The minimum absolute atomic E-state index is 0.00923. The zero-order valence-corrected chi connectivity index (χ0v) is 10.8. The molecule has 4 N–H and O–H groups in total. The third-order valence-electron chi connectivity index (χ3n) is 2.56. The molecule has 1 aromatic heterocycles. The molecule has 0 saturated carbocycles. The Kier molecular flexibility index (Phi) is 3.84. The van der Waals surface area contributed by atoms with Crippen LogP contribution in [0.3, 0.4) is 0 Å². The Morgan fingerprint density at radius 1 is 1.28 bits per heavy atom. The zero-order valence-electron chi connectivity index (χ0n) is 10.0. The first-order valence-electron chi connectivity index (χ1n) is 5.60. The van der Waals surface area contributed by atoms with Crippen LogP contribution in [-0.2, 0) is 0 Å². The van der Waals surface area contributed by atoms with Gasteiger partial charge in [0.25, 0.3) is 0 Å². The molecule has 18 heavy (non-hydrogen) atoms. The van der Waals surface area contributed by atoms with E-state index >= 15 is 0 Å². The summed E-state index contributed by atoms with van der Waals surface area (Å²) in [7, 11) is 0. The summed E-state index contributed by atoms with van der Waals surface area (Å²) in [6.07, 6.45) is 0. The van der Waals surface area contributed by atoms with Crippen molar-refractivity contribution in [1.29, 1.82) is 0 Å². The van der Waals surface area contributed by atoms with Crippen LogP contribution in [0.25, 0.3) is 0 Å². The second kappa shape index (κ2) is 5.55. The number of anilines is 2. The number of nitrogen functional groups attached to an aromatic ring is 1. The summed E-state index contributed by atoms with van der Waals surface area (Å²) in [4.78, 5) is 11.8. The van der Waals surface area contributed by atoms with Gasteiger partial charge in [0.15, 0.2) is 0 Å². The Morgan fingerprint density at radius 3 is 2.61 bits per heavy atom. The average Bonchev–Trinajstić information content (AvgIpc) is 2.85. The van der Waals surface area contributed by atoms with Gasteiger partial charge in [0.05, 0.1) is 6.04 Å². The summed E-state index contributed by atoms with van der Waals surface area (Å²) in [6.45, 7) is 1.95. The number of thiophene rings is 1. The number of benzene rings is 1. The summed E-state index contributed by atoms with van der Waals surface area (Å²) >= 11 is 1.61. The predicted octanol–water partition coefficient (Wildman–Crippen LogP) is 3.21. The quantitative estimate of drug-likeness (QED) is 0.743. The van der Waals surface area contributed by atoms with Crippen molar-refractivity contribution in [2.75, 3.05) is 11.1 Å². The summed E-state index contributed by atoms with van der Waals surface area (Å²) in [5.74, 6) is 0. The Bertz CT molecular complexity index is 508. The van der Waals surface area contributed by atoms with E-state index in [2.05, 4.69) is 10.6 Å². The molecule has 4 nitrogen and oxygen atoms in total. The second-order valence-electron chi connectivity index (χ2n) is 4.00. The maximum Gasteiger partial charge on any atom is 0.319 e. The number of carbonyl (C=O) groups is 1. The van der Waals surface area contributed by atoms with Crippen molar-refractivity contribution in [2.24, 2.45) is 0 Å². The Balaban J connectivity index is 1.91. The fraction of sp³-hybridized carbons (Fsp3) is 0.154. The fourth-order valence-electron chi connectivity index (χ4n) is 1.53. The molecule has 5 heteroatoms. The van der Waals surface area contributed by atoms with Gasteiger partial charge in [-0.1, -0.05) is 0 Å². The number of rotatable bonds is 3. The van der Waals surface area contributed by atoms with Crippen LogP contribution < -0.4 is 16.4 Å². The van der Waals surface area contributed by atoms with E-state index in [9.17, 15) is 4.79 Å². The van der Waals surface area contributed by atoms with E-state index in [1.807, 2.05) is 23.8 Å². The van der Waals surface area contributed by atoms with Crippen molar-refractivity contribution in [2.45, 2.75) is 13.0 Å². The average molecular weight is 261 g/mol. The number of urea groups is 1. The molecule has 94 valence electrons. The van der Waals surface area contributed by atoms with Gasteiger partial charge >= 0.3 is 6.03 Å². The van der Waals surface area contributed by atoms with Gasteiger partial charge in [0, 0.05) is 11.4 Å². The Morgan fingerprint density at radius 2 is 2.00 bits per heavy atom. The molecule has 0 aliphatic rings. The lowest BCUT2D eigenvalue weighted by Crippen LogP contribution is -2.30. The van der Waals surface area contributed by atoms with Crippen LogP contribution in [0, 0.1) is 0 Å². The lowest BCUT2D eigenvalue weighted by molar-refractivity contribution is 0.249. The first-order valence-corrected chi connectivity index (χ1v) is 6.54. The fourth-order valence-corrected chi connectivity index (χ4v) is 2.29. The number of amides is 2. The molecule has 0 fully saturated rings. The van der Waals surface area contributed by atoms with Gasteiger partial charge in [0.1, 0.15) is 0 Å². The van der Waals surface area contributed by atoms with E-state index < -0.39 is 0 Å². The first-order chi connectivity index (χ1) is 8.65. The van der Waals surface area contributed by atoms with E-state index in [4.69, 9.17) is 5.73 Å². The summed E-state index contributed by atoms with van der Waals surface area (Å²) in [5.41, 5.74) is 8.07. The molecule has 2 amide bonds. The van der Waals surface area contributed by atoms with Crippen molar-refractivity contribution in [3.8, 4) is 0 Å². The lowest BCUT2D eigenvalue weighted by atomic mass is 10.2. The second-order valence-corrected chi connectivity index (χ2v) is 4.78. The monoisotopic (exact) mass is 261 g/mol. The molecule has 0 aliphatic carbocycles. The Labute approximate surface area is 110 Å². The predicted molar refractivity (Wildman–Crippen MR) is 75.7 cm³/mol. The highest BCUT2D eigenvalue weighted by molar-refractivity contribution is 7.07. The third kappa shape index (κ3) is 3.24. The van der Waals surface area contributed by atoms with Crippen molar-refractivity contribution in [1.82, 2.24) is 5.32 Å². The van der Waals surface area contributed by atoms with E-state index in [-0.39, 0.29) is 12.1 Å². The maximum absolute atomic E-state index is 11.8. The van der Waals surface area contributed by atoms with E-state index in [0.717, 1.165) is 11.3 Å². The minimum Gasteiger partial charge on any atom is -0.399 e. The van der Waals surface area contributed by atoms with Crippen LogP contribution in [0.15, 0.2) is 41.1 Å². The van der Waals surface area contributed by atoms with Gasteiger partial charge in [-0.25, -0.2) is 4.79 Å². The number of nitrogens with two attached hydrogens (primary N) is 1. The van der Waals surface area contributed by atoms with Crippen LogP contribution in [0.1, 0.15) is 18.5 Å². The standard InChI is InChI=1S/C13H15N3OS/c1-9(10-6-7-18-8-10)15-13(17)16-12-4-2-11(14)3-5-12/h2-9H,14H2,1H3,(H2,15,16,17). The van der Waals surface area contributed by atoms with Crippen LogP contribution in [-0.4, -0.2) is 6.03 Å². The van der Waals surface area contributed by atoms with E-state index in [1.165, 1.54) is 0 Å². The van der Waals surface area contributed by atoms with Crippen molar-refractivity contribution >= 4 is 28.7 Å². The molecule has 0 bridgehead atoms. The topological polar surface area (TPSA) is 67.2 Å². The summed E-state index contributed by atoms with van der Waals surface area (Å²) < 4.78 is 0. The van der Waals surface area contributed by atoms with Gasteiger partial charge in [-0.3, -0.25) is 0 Å². The SMILES string of the molecule is CC(NC(=O)Nc1ccc(N)cc1)c1ccsc1. The highest BCUT2D eigenvalue weighted by atomic mass is 32.1. The highest BCUT2D eigenvalue weighted by Crippen LogP contribution is 2.16. The zero-order chi connectivity index (χ0) is 13.0. The minimum atomic E-state index is -0.224. The van der Waals surface area contributed by atoms with Crippen molar-refractivity contribution in [3.63, 3.8) is 0 Å². The number of carbonyl (C=O) groups excluding carboxylic acids is 1. The molecule has 1 aromatic carbocycles. The molecule has 1 atom stereocenters. The smallest absolute Gasteiger partial charge is 0.319 e. The van der Waals surface area contributed by atoms with Crippen LogP contribution >= 0.6 is 11.3 Å². The molecule has 0 aliphatic heterocycles. The molecule has 0 radical (unpaired) electrons. The van der Waals surface area contributed by atoms with Gasteiger partial charge in [-0.2, -0.15) is 11.3 Å². The van der Waals surface area contributed by atoms with Gasteiger partial charge < -0.3 is 16.4 Å². The maximum atomic E-state index is 11.8. The van der Waals surface area contributed by atoms with Crippen LogP contribution in [0.5, 0.6) is 0 Å². The molecule has 2 aromatic rings. The lowest BCUT2D eigenvalue weighted by Gasteiger charge is -2.13. The molecule has 0 saturated heterocycles. The normalized spacial score (nSPS) is 11.8. The molecular formula is C13H15N3OS. The number of hydrogen-bond donors (Lipinski definition) is 3. The first kappa shape index (κ1) is 12.4. The van der Waals surface area contributed by atoms with Gasteiger partial charge in [-0.05, 0) is 53.6 Å².